The first-order valence-electron chi connectivity index (χ1n) is 2.16. The minimum atomic E-state index is 0.574. The van der Waals surface area contributed by atoms with E-state index in [0.29, 0.717) is 5.59 Å². The van der Waals surface area contributed by atoms with E-state index in [1.807, 2.05) is 6.07 Å². The second kappa shape index (κ2) is 2.48. The van der Waals surface area contributed by atoms with Gasteiger partial charge in [0.2, 0.25) is 0 Å². The smallest absolute Gasteiger partial charge is 0.141 e. The molecule has 1 nitrogen and oxygen atoms in total. The highest BCUT2D eigenvalue weighted by Crippen LogP contribution is 1.96. The van der Waals surface area contributed by atoms with Crippen LogP contribution in [0.25, 0.3) is 0 Å². The average molecular weight is 215 g/mol. The van der Waals surface area contributed by atoms with E-state index in [1.165, 1.54) is 0 Å². The Morgan fingerprint density at radius 1 is 1.50 bits per heavy atom. The van der Waals surface area contributed by atoms with Crippen molar-refractivity contribution in [3.8, 4) is 0 Å². The summed E-state index contributed by atoms with van der Waals surface area (Å²) in [6, 6.07) is 3.70. The lowest BCUT2D eigenvalue weighted by molar-refractivity contribution is 1.36. The number of aromatic nitrogens is 1. The van der Waals surface area contributed by atoms with Gasteiger partial charge < -0.3 is 0 Å². The number of halogens is 1. The van der Waals surface area contributed by atoms with Gasteiger partial charge in [0.25, 0.3) is 0 Å². The average Bonchev–Trinajstić information content (AvgIpc) is 1.77. The van der Waals surface area contributed by atoms with Gasteiger partial charge in [0.1, 0.15) is 7.85 Å². The fourth-order valence-corrected chi connectivity index (χ4v) is 0.706. The Morgan fingerprint density at radius 3 is 2.62 bits per heavy atom. The molecule has 2 radical (unpaired) electrons. The molecule has 1 heterocycles. The van der Waals surface area contributed by atoms with Crippen LogP contribution in [-0.4, -0.2) is 12.8 Å². The largest absolute Gasteiger partial charge is 0.272 e. The van der Waals surface area contributed by atoms with Crippen LogP contribution in [0, 0.1) is 3.57 Å². The standard InChI is InChI=1S/C5H3BIN/c6-5-2-1-4(7)3-8-5/h1-3H. The molecule has 8 heavy (non-hydrogen) atoms. The van der Waals surface area contributed by atoms with Gasteiger partial charge >= 0.3 is 0 Å². The number of nitrogens with zero attached hydrogens (tertiary/aromatic N) is 1. The molecule has 0 saturated heterocycles. The van der Waals surface area contributed by atoms with E-state index < -0.39 is 0 Å². The van der Waals surface area contributed by atoms with E-state index in [4.69, 9.17) is 7.85 Å². The third-order valence-electron chi connectivity index (χ3n) is 0.750. The highest BCUT2D eigenvalue weighted by molar-refractivity contribution is 14.1. The molecule has 0 spiro atoms. The van der Waals surface area contributed by atoms with Gasteiger partial charge in [0, 0.05) is 9.77 Å². The van der Waals surface area contributed by atoms with Crippen molar-refractivity contribution >= 4 is 36.0 Å². The Bertz CT molecular complexity index is 151. The van der Waals surface area contributed by atoms with Crippen molar-refractivity contribution in [3.63, 3.8) is 0 Å². The molecule has 1 rings (SSSR count). The summed E-state index contributed by atoms with van der Waals surface area (Å²) in [6.07, 6.45) is 1.73. The van der Waals surface area contributed by atoms with Gasteiger partial charge in [-0.2, -0.15) is 0 Å². The molecule has 0 aliphatic rings. The van der Waals surface area contributed by atoms with Crippen LogP contribution in [-0.2, 0) is 0 Å². The Labute approximate surface area is 63.1 Å². The van der Waals surface area contributed by atoms with E-state index in [2.05, 4.69) is 27.6 Å². The topological polar surface area (TPSA) is 12.9 Å². The van der Waals surface area contributed by atoms with Gasteiger partial charge in [-0.15, -0.1) is 0 Å². The van der Waals surface area contributed by atoms with Crippen LogP contribution in [0.15, 0.2) is 18.3 Å². The zero-order chi connectivity index (χ0) is 5.98. The van der Waals surface area contributed by atoms with Crippen LogP contribution in [0.3, 0.4) is 0 Å². The monoisotopic (exact) mass is 215 g/mol. The van der Waals surface area contributed by atoms with Gasteiger partial charge in [-0.1, -0.05) is 6.07 Å². The number of hydrogen-bond donors (Lipinski definition) is 0. The van der Waals surface area contributed by atoms with E-state index >= 15 is 0 Å². The van der Waals surface area contributed by atoms with Crippen LogP contribution in [0.1, 0.15) is 0 Å². The molecule has 1 aromatic rings. The van der Waals surface area contributed by atoms with Crippen LogP contribution in [0.2, 0.25) is 0 Å². The number of hydrogen-bond acceptors (Lipinski definition) is 1. The van der Waals surface area contributed by atoms with E-state index in [9.17, 15) is 0 Å². The Balaban J connectivity index is 3.03. The molecule has 3 heteroatoms. The highest BCUT2D eigenvalue weighted by atomic mass is 127. The third-order valence-corrected chi connectivity index (χ3v) is 1.39. The third kappa shape index (κ3) is 1.47. The van der Waals surface area contributed by atoms with E-state index in [0.717, 1.165) is 3.57 Å². The molecular formula is C5H3BIN. The minimum absolute atomic E-state index is 0.574. The molecule has 0 bridgehead atoms. The molecule has 1 aromatic heterocycles. The zero-order valence-corrected chi connectivity index (χ0v) is 6.29. The number of pyridine rings is 1. The molecule has 0 fully saturated rings. The predicted octanol–water partition coefficient (Wildman–Crippen LogP) is 0.480. The van der Waals surface area contributed by atoms with Crippen LogP contribution in [0.5, 0.6) is 0 Å². The summed E-state index contributed by atoms with van der Waals surface area (Å²) in [5.41, 5.74) is 0.574. The Hall–Kier alpha value is -0.0551. The lowest BCUT2D eigenvalue weighted by Gasteiger charge is -1.88. The van der Waals surface area contributed by atoms with Crippen molar-refractivity contribution in [1.29, 1.82) is 0 Å². The number of rotatable bonds is 0. The summed E-state index contributed by atoms with van der Waals surface area (Å²) in [4.78, 5) is 3.85. The Morgan fingerprint density at radius 2 is 2.25 bits per heavy atom. The van der Waals surface area contributed by atoms with E-state index in [1.54, 1.807) is 12.3 Å². The van der Waals surface area contributed by atoms with Crippen molar-refractivity contribution in [3.05, 3.63) is 21.9 Å². The normalized spacial score (nSPS) is 9.12. The van der Waals surface area contributed by atoms with Crippen molar-refractivity contribution < 1.29 is 0 Å². The summed E-state index contributed by atoms with van der Waals surface area (Å²) in [5, 5.41) is 0. The molecule has 0 aliphatic heterocycles. The first-order valence-corrected chi connectivity index (χ1v) is 3.24. The second-order valence-corrected chi connectivity index (χ2v) is 2.65. The quantitative estimate of drug-likeness (QED) is 0.453. The fourth-order valence-electron chi connectivity index (χ4n) is 0.387. The van der Waals surface area contributed by atoms with Crippen molar-refractivity contribution in [2.45, 2.75) is 0 Å². The van der Waals surface area contributed by atoms with Crippen molar-refractivity contribution in [2.75, 3.05) is 0 Å². The Kier molecular flexibility index (Phi) is 1.88. The highest BCUT2D eigenvalue weighted by Gasteiger charge is 1.82. The predicted molar refractivity (Wildman–Crippen MR) is 42.3 cm³/mol. The van der Waals surface area contributed by atoms with Crippen molar-refractivity contribution in [2.24, 2.45) is 0 Å². The lowest BCUT2D eigenvalue weighted by Crippen LogP contribution is -2.05. The second-order valence-electron chi connectivity index (χ2n) is 1.40. The van der Waals surface area contributed by atoms with Gasteiger partial charge in [-0.25, -0.2) is 0 Å². The molecule has 0 aliphatic carbocycles. The summed E-state index contributed by atoms with van der Waals surface area (Å²) in [7, 11) is 5.31. The van der Waals surface area contributed by atoms with Gasteiger partial charge in [-0.3, -0.25) is 4.98 Å². The molecule has 38 valence electrons. The zero-order valence-electron chi connectivity index (χ0n) is 4.13. The summed E-state index contributed by atoms with van der Waals surface area (Å²) in [6.45, 7) is 0. The molecule has 0 saturated carbocycles. The van der Waals surface area contributed by atoms with Gasteiger partial charge in [0.15, 0.2) is 0 Å². The maximum Gasteiger partial charge on any atom is 0.141 e. The molecular weight excluding hydrogens is 212 g/mol. The first-order chi connectivity index (χ1) is 3.79. The van der Waals surface area contributed by atoms with Crippen molar-refractivity contribution in [1.82, 2.24) is 4.98 Å². The lowest BCUT2D eigenvalue weighted by atomic mass is 10.1. The molecule has 0 N–H and O–H groups in total. The SMILES string of the molecule is [B]c1ccc(I)cn1. The van der Waals surface area contributed by atoms with Gasteiger partial charge in [-0.05, 0) is 34.3 Å². The maximum absolute atomic E-state index is 5.31. The summed E-state index contributed by atoms with van der Waals surface area (Å²) >= 11 is 2.18. The van der Waals surface area contributed by atoms with E-state index in [-0.39, 0.29) is 0 Å². The first kappa shape index (κ1) is 6.07. The van der Waals surface area contributed by atoms with Crippen LogP contribution >= 0.6 is 22.6 Å². The van der Waals surface area contributed by atoms with Crippen LogP contribution in [0.4, 0.5) is 0 Å². The minimum Gasteiger partial charge on any atom is -0.272 e. The molecule has 0 atom stereocenters. The maximum atomic E-state index is 5.31. The van der Waals surface area contributed by atoms with Gasteiger partial charge in [0.05, 0.1) is 0 Å². The molecule has 0 amide bonds. The fraction of sp³-hybridized carbons (Fsp3) is 0. The summed E-state index contributed by atoms with van der Waals surface area (Å²) < 4.78 is 1.11. The molecule has 0 aromatic carbocycles. The molecule has 0 unspecified atom stereocenters. The van der Waals surface area contributed by atoms with Crippen LogP contribution < -0.4 is 5.59 Å². The summed E-state index contributed by atoms with van der Waals surface area (Å²) in [5.74, 6) is 0.